The van der Waals surface area contributed by atoms with Crippen molar-refractivity contribution in [3.63, 3.8) is 0 Å². The zero-order valence-corrected chi connectivity index (χ0v) is 17.0. The highest BCUT2D eigenvalue weighted by Crippen LogP contribution is 2.28. The number of carbonyl (C=O) groups excluding carboxylic acids is 1. The largest absolute Gasteiger partial charge is 0.378 e. The van der Waals surface area contributed by atoms with Gasteiger partial charge in [-0.05, 0) is 30.3 Å². The Balaban J connectivity index is 1.55. The number of thioether (sulfide) groups is 1. The van der Waals surface area contributed by atoms with E-state index in [1.54, 1.807) is 16.7 Å². The molecule has 1 saturated heterocycles. The molecule has 3 aromatic rings. The summed E-state index contributed by atoms with van der Waals surface area (Å²) in [5.74, 6) is -1.99. The van der Waals surface area contributed by atoms with Crippen LogP contribution in [0.2, 0.25) is 0 Å². The maximum Gasteiger partial charge on any atom is 0.234 e. The lowest BCUT2D eigenvalue weighted by Gasteiger charge is -2.27. The second kappa shape index (κ2) is 9.40. The number of rotatable bonds is 6. The SMILES string of the molecule is O=C(CSc1nnc(N2CCOCC2)n1-c1cccc(F)c1)Nc1cc(F)ccc1F. The van der Waals surface area contributed by atoms with Gasteiger partial charge in [0.15, 0.2) is 5.16 Å². The van der Waals surface area contributed by atoms with Crippen molar-refractivity contribution in [3.8, 4) is 5.69 Å². The molecule has 0 bridgehead atoms. The molecule has 4 rings (SSSR count). The molecule has 162 valence electrons. The molecule has 2 aromatic carbocycles. The number of nitrogens with one attached hydrogen (secondary N) is 1. The van der Waals surface area contributed by atoms with E-state index in [1.165, 1.54) is 12.1 Å². The van der Waals surface area contributed by atoms with Gasteiger partial charge in [-0.15, -0.1) is 10.2 Å². The molecule has 1 aromatic heterocycles. The molecule has 11 heteroatoms. The third kappa shape index (κ3) is 5.00. The lowest BCUT2D eigenvalue weighted by molar-refractivity contribution is -0.113. The summed E-state index contributed by atoms with van der Waals surface area (Å²) in [7, 11) is 0. The number of hydrogen-bond acceptors (Lipinski definition) is 6. The Morgan fingerprint density at radius 3 is 2.61 bits per heavy atom. The molecule has 1 aliphatic rings. The molecular formula is C20H18F3N5O2S. The second-order valence-corrected chi connectivity index (χ2v) is 7.60. The first kappa shape index (κ1) is 21.2. The van der Waals surface area contributed by atoms with E-state index in [1.807, 2.05) is 4.90 Å². The number of hydrogen-bond donors (Lipinski definition) is 1. The van der Waals surface area contributed by atoms with Crippen LogP contribution < -0.4 is 10.2 Å². The molecule has 1 aliphatic heterocycles. The van der Waals surface area contributed by atoms with Gasteiger partial charge in [-0.2, -0.15) is 0 Å². The second-order valence-electron chi connectivity index (χ2n) is 6.66. The standard InChI is InChI=1S/C20H18F3N5O2S/c21-13-2-1-3-15(10-13)28-19(27-6-8-30-9-7-27)25-26-20(28)31-12-18(29)24-17-11-14(22)4-5-16(17)23/h1-5,10-11H,6-9,12H2,(H,24,29). The Morgan fingerprint density at radius 2 is 1.84 bits per heavy atom. The molecule has 1 N–H and O–H groups in total. The van der Waals surface area contributed by atoms with Crippen molar-refractivity contribution in [2.24, 2.45) is 0 Å². The Bertz CT molecular complexity index is 1090. The molecule has 0 radical (unpaired) electrons. The van der Waals surface area contributed by atoms with Crippen molar-refractivity contribution in [2.45, 2.75) is 5.16 Å². The number of anilines is 2. The molecule has 1 fully saturated rings. The van der Waals surface area contributed by atoms with Crippen LogP contribution in [0.3, 0.4) is 0 Å². The van der Waals surface area contributed by atoms with Gasteiger partial charge in [-0.3, -0.25) is 9.36 Å². The number of morpholine rings is 1. The number of aromatic nitrogens is 3. The Hall–Kier alpha value is -3.05. The van der Waals surface area contributed by atoms with Crippen molar-refractivity contribution in [2.75, 3.05) is 42.3 Å². The molecule has 7 nitrogen and oxygen atoms in total. The summed E-state index contributed by atoms with van der Waals surface area (Å²) in [5, 5.41) is 11.1. The third-order valence-corrected chi connectivity index (χ3v) is 5.44. The van der Waals surface area contributed by atoms with Gasteiger partial charge in [0.25, 0.3) is 0 Å². The quantitative estimate of drug-likeness (QED) is 0.583. The molecule has 0 aliphatic carbocycles. The lowest BCUT2D eigenvalue weighted by atomic mass is 10.3. The van der Waals surface area contributed by atoms with Gasteiger partial charge >= 0.3 is 0 Å². The minimum absolute atomic E-state index is 0.132. The smallest absolute Gasteiger partial charge is 0.234 e. The van der Waals surface area contributed by atoms with Crippen molar-refractivity contribution >= 4 is 29.3 Å². The van der Waals surface area contributed by atoms with Crippen molar-refractivity contribution < 1.29 is 22.7 Å². The number of carbonyl (C=O) groups is 1. The summed E-state index contributed by atoms with van der Waals surface area (Å²) >= 11 is 1.05. The highest BCUT2D eigenvalue weighted by atomic mass is 32.2. The van der Waals surface area contributed by atoms with Crippen LogP contribution in [0, 0.1) is 17.5 Å². The zero-order chi connectivity index (χ0) is 21.8. The molecule has 1 amide bonds. The van der Waals surface area contributed by atoms with Gasteiger partial charge in [0.2, 0.25) is 11.9 Å². The fourth-order valence-electron chi connectivity index (χ4n) is 3.07. The maximum atomic E-state index is 13.9. The van der Waals surface area contributed by atoms with Crippen LogP contribution in [0.25, 0.3) is 5.69 Å². The summed E-state index contributed by atoms with van der Waals surface area (Å²) in [5.41, 5.74) is 0.261. The van der Waals surface area contributed by atoms with Gasteiger partial charge in [0, 0.05) is 19.2 Å². The Labute approximate surface area is 180 Å². The Kier molecular flexibility index (Phi) is 6.42. The maximum absolute atomic E-state index is 13.9. The minimum Gasteiger partial charge on any atom is -0.378 e. The Morgan fingerprint density at radius 1 is 1.06 bits per heavy atom. The van der Waals surface area contributed by atoms with E-state index >= 15 is 0 Å². The van der Waals surface area contributed by atoms with Crippen LogP contribution >= 0.6 is 11.8 Å². The van der Waals surface area contributed by atoms with Crippen LogP contribution in [-0.4, -0.2) is 52.7 Å². The first-order valence-corrected chi connectivity index (χ1v) is 10.4. The van der Waals surface area contributed by atoms with Gasteiger partial charge in [-0.25, -0.2) is 13.2 Å². The molecule has 0 spiro atoms. The number of halogens is 3. The normalized spacial score (nSPS) is 14.0. The highest BCUT2D eigenvalue weighted by molar-refractivity contribution is 7.99. The van der Waals surface area contributed by atoms with Gasteiger partial charge in [0.1, 0.15) is 17.5 Å². The van der Waals surface area contributed by atoms with E-state index in [9.17, 15) is 18.0 Å². The van der Waals surface area contributed by atoms with Gasteiger partial charge in [0.05, 0.1) is 30.3 Å². The molecule has 2 heterocycles. The first-order valence-electron chi connectivity index (χ1n) is 9.43. The minimum atomic E-state index is -0.739. The molecule has 0 atom stereocenters. The topological polar surface area (TPSA) is 72.3 Å². The van der Waals surface area contributed by atoms with Crippen molar-refractivity contribution in [3.05, 3.63) is 59.9 Å². The lowest BCUT2D eigenvalue weighted by Crippen LogP contribution is -2.37. The fraction of sp³-hybridized carbons (Fsp3) is 0.250. The number of nitrogens with zero attached hydrogens (tertiary/aromatic N) is 4. The summed E-state index contributed by atoms with van der Waals surface area (Å²) < 4.78 is 48.0. The number of ether oxygens (including phenoxy) is 1. The monoisotopic (exact) mass is 449 g/mol. The first-order chi connectivity index (χ1) is 15.0. The number of benzene rings is 2. The predicted octanol–water partition coefficient (Wildman–Crippen LogP) is 3.25. The van der Waals surface area contributed by atoms with Crippen LogP contribution in [0.15, 0.2) is 47.6 Å². The van der Waals surface area contributed by atoms with E-state index in [0.29, 0.717) is 43.1 Å². The van der Waals surface area contributed by atoms with Crippen LogP contribution in [0.5, 0.6) is 0 Å². The van der Waals surface area contributed by atoms with Crippen molar-refractivity contribution in [1.82, 2.24) is 14.8 Å². The molecular weight excluding hydrogens is 431 g/mol. The van der Waals surface area contributed by atoms with E-state index in [4.69, 9.17) is 4.74 Å². The van der Waals surface area contributed by atoms with E-state index < -0.39 is 23.4 Å². The average Bonchev–Trinajstić information content (AvgIpc) is 3.19. The van der Waals surface area contributed by atoms with Gasteiger partial charge in [-0.1, -0.05) is 17.8 Å². The fourth-order valence-corrected chi connectivity index (χ4v) is 3.82. The summed E-state index contributed by atoms with van der Waals surface area (Å²) in [6.45, 7) is 2.25. The highest BCUT2D eigenvalue weighted by Gasteiger charge is 2.22. The van der Waals surface area contributed by atoms with Gasteiger partial charge < -0.3 is 15.0 Å². The third-order valence-electron chi connectivity index (χ3n) is 4.51. The van der Waals surface area contributed by atoms with Crippen LogP contribution in [-0.2, 0) is 9.53 Å². The zero-order valence-electron chi connectivity index (χ0n) is 16.2. The molecule has 31 heavy (non-hydrogen) atoms. The summed E-state index contributed by atoms with van der Waals surface area (Å²) in [6, 6.07) is 8.77. The summed E-state index contributed by atoms with van der Waals surface area (Å²) in [4.78, 5) is 14.3. The van der Waals surface area contributed by atoms with E-state index in [0.717, 1.165) is 30.0 Å². The van der Waals surface area contributed by atoms with Crippen molar-refractivity contribution in [1.29, 1.82) is 0 Å². The van der Waals surface area contributed by atoms with Crippen LogP contribution in [0.4, 0.5) is 24.8 Å². The number of amides is 1. The van der Waals surface area contributed by atoms with E-state index in [2.05, 4.69) is 15.5 Å². The average molecular weight is 449 g/mol. The van der Waals surface area contributed by atoms with E-state index in [-0.39, 0.29) is 11.4 Å². The molecule has 0 unspecified atom stereocenters. The van der Waals surface area contributed by atoms with Crippen LogP contribution in [0.1, 0.15) is 0 Å². The summed E-state index contributed by atoms with van der Waals surface area (Å²) in [6.07, 6.45) is 0. The predicted molar refractivity (Wildman–Crippen MR) is 110 cm³/mol. The molecule has 0 saturated carbocycles.